The van der Waals surface area contributed by atoms with Gasteiger partial charge in [-0.15, -0.1) is 0 Å². The molecule has 2 bridgehead atoms. The molecule has 0 radical (unpaired) electrons. The van der Waals surface area contributed by atoms with E-state index in [4.69, 9.17) is 18.9 Å². The van der Waals surface area contributed by atoms with Crippen molar-refractivity contribution < 1.29 is 58.2 Å². The predicted molar refractivity (Wildman–Crippen MR) is 213 cm³/mol. The number of amides is 1. The van der Waals surface area contributed by atoms with Crippen molar-refractivity contribution in [2.75, 3.05) is 13.2 Å². The Kier molecular flexibility index (Phi) is 12.1. The van der Waals surface area contributed by atoms with Crippen LogP contribution < -0.4 is 5.32 Å². The Labute approximate surface area is 343 Å². The highest BCUT2D eigenvalue weighted by Gasteiger charge is 2.73. The van der Waals surface area contributed by atoms with Gasteiger partial charge in [-0.3, -0.25) is 14.4 Å². The van der Waals surface area contributed by atoms with Crippen molar-refractivity contribution in [3.8, 4) is 0 Å². The van der Waals surface area contributed by atoms with Crippen LogP contribution in [0, 0.1) is 22.7 Å². The van der Waals surface area contributed by atoms with E-state index in [0.717, 1.165) is 0 Å². The number of nitrogens with one attached hydrogen (secondary N) is 1. The first-order valence-electron chi connectivity index (χ1n) is 19.8. The van der Waals surface area contributed by atoms with Gasteiger partial charge in [0.1, 0.15) is 23.6 Å². The van der Waals surface area contributed by atoms with E-state index in [-0.39, 0.29) is 18.8 Å². The molecule has 3 aromatic rings. The SMILES string of the molecule is CC(=O)OC1([C@H]2[C@H](OC(=O)c3ccccc3)[C@]3(O)CC(OC(=O)[C@H](O)C(NC(=O)c4ccccc4)c4ccccc4)C(C)=C([C@@H](C)C(=O)[C@]2(C)[C@H](C)O)C3(C)C)COC1. The number of aliphatic hydroxyl groups is 3. The van der Waals surface area contributed by atoms with Gasteiger partial charge in [-0.25, -0.2) is 9.59 Å². The van der Waals surface area contributed by atoms with Crippen molar-refractivity contribution in [2.45, 2.75) is 96.5 Å². The van der Waals surface area contributed by atoms with Gasteiger partial charge in [0, 0.05) is 30.2 Å². The maximum Gasteiger partial charge on any atom is 0.338 e. The van der Waals surface area contributed by atoms with Crippen LogP contribution in [0.4, 0.5) is 0 Å². The highest BCUT2D eigenvalue weighted by atomic mass is 16.6. The van der Waals surface area contributed by atoms with Crippen LogP contribution in [0.25, 0.3) is 0 Å². The number of Topliss-reactive ketones (excluding diaryl/α,β-unsaturated/α-hetero) is 1. The molecular formula is C46H53NO12. The van der Waals surface area contributed by atoms with Crippen molar-refractivity contribution in [1.29, 1.82) is 0 Å². The molecule has 59 heavy (non-hydrogen) atoms. The second-order valence-corrected chi connectivity index (χ2v) is 16.8. The van der Waals surface area contributed by atoms with Gasteiger partial charge in [0.05, 0.1) is 42.3 Å². The molecule has 1 heterocycles. The molecule has 6 rings (SSSR count). The first kappa shape index (κ1) is 43.4. The minimum Gasteiger partial charge on any atom is -0.456 e. The van der Waals surface area contributed by atoms with E-state index in [9.17, 15) is 34.5 Å². The maximum absolute atomic E-state index is 15.2. The zero-order valence-corrected chi connectivity index (χ0v) is 34.3. The van der Waals surface area contributed by atoms with E-state index in [1.807, 2.05) is 0 Å². The number of aliphatic hydroxyl groups excluding tert-OH is 2. The first-order chi connectivity index (χ1) is 27.8. The third-order valence-corrected chi connectivity index (χ3v) is 13.0. The van der Waals surface area contributed by atoms with Gasteiger partial charge in [0.15, 0.2) is 11.7 Å². The Morgan fingerprint density at radius 3 is 1.90 bits per heavy atom. The van der Waals surface area contributed by atoms with Crippen LogP contribution >= 0.6 is 0 Å². The summed E-state index contributed by atoms with van der Waals surface area (Å²) in [7, 11) is 0. The van der Waals surface area contributed by atoms with Gasteiger partial charge < -0.3 is 39.6 Å². The Balaban J connectivity index is 1.49. The minimum absolute atomic E-state index is 0.123. The topological polar surface area (TPSA) is 195 Å². The van der Waals surface area contributed by atoms with Crippen LogP contribution in [0.5, 0.6) is 0 Å². The second-order valence-electron chi connectivity index (χ2n) is 16.8. The van der Waals surface area contributed by atoms with Gasteiger partial charge >= 0.3 is 17.9 Å². The van der Waals surface area contributed by atoms with Crippen LogP contribution in [0.3, 0.4) is 0 Å². The third kappa shape index (κ3) is 7.61. The average molecular weight is 812 g/mol. The molecule has 3 aliphatic rings. The molecule has 1 saturated heterocycles. The smallest absolute Gasteiger partial charge is 0.338 e. The second kappa shape index (κ2) is 16.4. The van der Waals surface area contributed by atoms with Gasteiger partial charge in [-0.05, 0) is 61.7 Å². The lowest BCUT2D eigenvalue weighted by atomic mass is 9.46. The van der Waals surface area contributed by atoms with E-state index in [0.29, 0.717) is 22.3 Å². The fourth-order valence-corrected chi connectivity index (χ4v) is 9.68. The molecule has 2 unspecified atom stereocenters. The minimum atomic E-state index is -2.21. The van der Waals surface area contributed by atoms with Crippen molar-refractivity contribution in [3.63, 3.8) is 0 Å². The summed E-state index contributed by atoms with van der Waals surface area (Å²) in [5, 5.41) is 39.7. The fourth-order valence-electron chi connectivity index (χ4n) is 9.68. The lowest BCUT2D eigenvalue weighted by Gasteiger charge is -2.63. The summed E-state index contributed by atoms with van der Waals surface area (Å²) in [5.74, 6) is -6.22. The van der Waals surface area contributed by atoms with E-state index in [2.05, 4.69) is 5.32 Å². The number of rotatable bonds is 11. The number of esters is 3. The van der Waals surface area contributed by atoms with Gasteiger partial charge in [-0.1, -0.05) is 87.5 Å². The molecule has 13 nitrogen and oxygen atoms in total. The highest BCUT2D eigenvalue weighted by molar-refractivity contribution is 5.95. The molecule has 4 N–H and O–H groups in total. The molecule has 1 aliphatic heterocycles. The molecule has 1 saturated carbocycles. The molecule has 13 heteroatoms. The van der Waals surface area contributed by atoms with Crippen molar-refractivity contribution in [3.05, 3.63) is 119 Å². The summed E-state index contributed by atoms with van der Waals surface area (Å²) in [6.07, 6.45) is -6.81. The maximum atomic E-state index is 15.2. The van der Waals surface area contributed by atoms with Gasteiger partial charge in [0.25, 0.3) is 5.91 Å². The monoisotopic (exact) mass is 811 g/mol. The largest absolute Gasteiger partial charge is 0.456 e. The molecule has 9 atom stereocenters. The zero-order chi connectivity index (χ0) is 43.1. The Morgan fingerprint density at radius 1 is 0.847 bits per heavy atom. The van der Waals surface area contributed by atoms with Gasteiger partial charge in [0.2, 0.25) is 0 Å². The number of carbonyl (C=O) groups excluding carboxylic acids is 5. The quantitative estimate of drug-likeness (QED) is 0.119. The van der Waals surface area contributed by atoms with E-state index in [1.54, 1.807) is 107 Å². The normalized spacial score (nSPS) is 28.7. The molecule has 1 amide bonds. The van der Waals surface area contributed by atoms with Crippen LogP contribution in [0.1, 0.15) is 87.2 Å². The van der Waals surface area contributed by atoms with Crippen molar-refractivity contribution >= 4 is 29.6 Å². The number of fused-ring (bicyclic) bond motifs is 2. The van der Waals surface area contributed by atoms with E-state index < -0.39 is 100 Å². The van der Waals surface area contributed by atoms with Crippen LogP contribution in [0.15, 0.2) is 102 Å². The Hall–Kier alpha value is -5.21. The molecule has 0 spiro atoms. The Bertz CT molecular complexity index is 2100. The summed E-state index contributed by atoms with van der Waals surface area (Å²) >= 11 is 0. The average Bonchev–Trinajstić information content (AvgIpc) is 3.20. The number of hydrogen-bond donors (Lipinski definition) is 4. The number of carbonyl (C=O) groups is 5. The van der Waals surface area contributed by atoms with Crippen LogP contribution in [0.2, 0.25) is 0 Å². The van der Waals surface area contributed by atoms with E-state index in [1.165, 1.54) is 32.9 Å². The summed E-state index contributed by atoms with van der Waals surface area (Å²) in [6, 6.07) is 23.5. The summed E-state index contributed by atoms with van der Waals surface area (Å²) in [6.45, 7) is 10.4. The summed E-state index contributed by atoms with van der Waals surface area (Å²) < 4.78 is 24.1. The molecule has 2 aliphatic carbocycles. The predicted octanol–water partition coefficient (Wildman–Crippen LogP) is 4.69. The molecule has 3 aromatic carbocycles. The van der Waals surface area contributed by atoms with E-state index >= 15 is 4.79 Å². The molecule has 0 aromatic heterocycles. The standard InChI is InChI=1S/C46H53NO12/c1-26-33(57-42(54)36(50)35(30-17-11-8-12-18-30)47-40(52)31-19-13-9-14-20-31)23-46(55)39(58-41(53)32-21-15-10-16-22-32)37(45(24-56-25-45)59-29(4)49)44(7,28(3)48)38(51)27(2)34(26)43(46,5)6/h8-22,27-28,33,35-37,39,48,50,55H,23-25H2,1-7H3,(H,47,52)/t27-,28+,33?,35?,36-,37+,39+,44-,46-/m1/s1. The summed E-state index contributed by atoms with van der Waals surface area (Å²) in [4.78, 5) is 69.8. The lowest BCUT2D eigenvalue weighted by Crippen LogP contribution is -2.76. The lowest BCUT2D eigenvalue weighted by molar-refractivity contribution is -0.292. The van der Waals surface area contributed by atoms with Crippen molar-refractivity contribution in [2.24, 2.45) is 22.7 Å². The molecule has 2 fully saturated rings. The number of hydrogen-bond acceptors (Lipinski definition) is 12. The molecule has 314 valence electrons. The Morgan fingerprint density at radius 2 is 1.39 bits per heavy atom. The highest BCUT2D eigenvalue weighted by Crippen LogP contribution is 2.62. The van der Waals surface area contributed by atoms with Crippen molar-refractivity contribution in [1.82, 2.24) is 5.32 Å². The van der Waals surface area contributed by atoms with Crippen LogP contribution in [-0.2, 0) is 33.3 Å². The fraction of sp³-hybridized carbons (Fsp3) is 0.457. The molecular weight excluding hydrogens is 759 g/mol. The number of ketones is 1. The van der Waals surface area contributed by atoms with Gasteiger partial charge in [-0.2, -0.15) is 0 Å². The van der Waals surface area contributed by atoms with Crippen LogP contribution in [-0.4, -0.2) is 93.7 Å². The summed E-state index contributed by atoms with van der Waals surface area (Å²) in [5.41, 5.74) is -5.47. The first-order valence-corrected chi connectivity index (χ1v) is 19.8. The number of benzene rings is 3. The third-order valence-electron chi connectivity index (χ3n) is 13.0. The zero-order valence-electron chi connectivity index (χ0n) is 34.3. The number of ether oxygens (including phenoxy) is 4.